The predicted molar refractivity (Wildman–Crippen MR) is 106 cm³/mol. The number of ether oxygens (including phenoxy) is 2. The van der Waals surface area contributed by atoms with Gasteiger partial charge in [-0.2, -0.15) is 0 Å². The van der Waals surface area contributed by atoms with E-state index in [2.05, 4.69) is 29.2 Å². The van der Waals surface area contributed by atoms with Gasteiger partial charge in [0.2, 0.25) is 0 Å². The molecule has 26 heavy (non-hydrogen) atoms. The van der Waals surface area contributed by atoms with Crippen molar-refractivity contribution in [3.8, 4) is 22.8 Å². The van der Waals surface area contributed by atoms with Crippen molar-refractivity contribution in [3.63, 3.8) is 0 Å². The van der Waals surface area contributed by atoms with E-state index in [-0.39, 0.29) is 0 Å². The maximum Gasteiger partial charge on any atom is 0.122 e. The summed E-state index contributed by atoms with van der Waals surface area (Å²) in [5.74, 6) is 2.78. The van der Waals surface area contributed by atoms with Gasteiger partial charge in [-0.1, -0.05) is 30.3 Å². The van der Waals surface area contributed by atoms with Gasteiger partial charge < -0.3 is 9.47 Å². The van der Waals surface area contributed by atoms with Gasteiger partial charge in [0.1, 0.15) is 11.5 Å². The second-order valence-electron chi connectivity index (χ2n) is 6.71. The molecule has 0 N–H and O–H groups in total. The molecule has 2 aromatic carbocycles. The first-order chi connectivity index (χ1) is 12.9. The second-order valence-corrected chi connectivity index (χ2v) is 7.43. The van der Waals surface area contributed by atoms with E-state index in [0.29, 0.717) is 13.2 Å². The van der Waals surface area contributed by atoms with Gasteiger partial charge in [-0.25, -0.2) is 4.98 Å². The maximum atomic E-state index is 6.00. The SMILES string of the molecule is c1cc(OCCCOc2ccccc2CC2CC2)cc(-c2cscn2)c1. The molecule has 1 aromatic heterocycles. The van der Waals surface area contributed by atoms with E-state index < -0.39 is 0 Å². The van der Waals surface area contributed by atoms with Crippen LogP contribution in [0, 0.1) is 5.92 Å². The van der Waals surface area contributed by atoms with Crippen molar-refractivity contribution in [2.24, 2.45) is 5.92 Å². The van der Waals surface area contributed by atoms with Gasteiger partial charge in [-0.15, -0.1) is 11.3 Å². The zero-order valence-corrected chi connectivity index (χ0v) is 15.6. The molecule has 1 aliphatic carbocycles. The van der Waals surface area contributed by atoms with Crippen LogP contribution in [0.2, 0.25) is 0 Å². The molecular weight excluding hydrogens is 342 g/mol. The van der Waals surface area contributed by atoms with Crippen LogP contribution in [-0.2, 0) is 6.42 Å². The van der Waals surface area contributed by atoms with E-state index in [1.54, 1.807) is 11.3 Å². The first kappa shape index (κ1) is 17.1. The summed E-state index contributed by atoms with van der Waals surface area (Å²) < 4.78 is 11.9. The first-order valence-corrected chi connectivity index (χ1v) is 10.1. The minimum absolute atomic E-state index is 0.644. The van der Waals surface area contributed by atoms with Gasteiger partial charge in [-0.3, -0.25) is 0 Å². The van der Waals surface area contributed by atoms with E-state index in [9.17, 15) is 0 Å². The van der Waals surface area contributed by atoms with Crippen LogP contribution >= 0.6 is 11.3 Å². The number of thiazole rings is 1. The third-order valence-electron chi connectivity index (χ3n) is 4.56. The van der Waals surface area contributed by atoms with Crippen molar-refractivity contribution in [1.82, 2.24) is 4.98 Å². The maximum absolute atomic E-state index is 6.00. The van der Waals surface area contributed by atoms with Gasteiger partial charge in [0, 0.05) is 17.4 Å². The van der Waals surface area contributed by atoms with E-state index in [0.717, 1.165) is 41.5 Å². The van der Waals surface area contributed by atoms with Crippen LogP contribution in [-0.4, -0.2) is 18.2 Å². The fourth-order valence-electron chi connectivity index (χ4n) is 2.98. The molecule has 0 amide bonds. The Labute approximate surface area is 158 Å². The van der Waals surface area contributed by atoms with Gasteiger partial charge in [-0.05, 0) is 48.9 Å². The topological polar surface area (TPSA) is 31.4 Å². The molecule has 0 radical (unpaired) electrons. The zero-order valence-electron chi connectivity index (χ0n) is 14.8. The Morgan fingerprint density at radius 1 is 1.00 bits per heavy atom. The third kappa shape index (κ3) is 4.64. The molecule has 1 fully saturated rings. The van der Waals surface area contributed by atoms with E-state index in [1.807, 2.05) is 35.2 Å². The van der Waals surface area contributed by atoms with Crippen LogP contribution in [0.15, 0.2) is 59.4 Å². The van der Waals surface area contributed by atoms with Gasteiger partial charge >= 0.3 is 0 Å². The molecule has 4 rings (SSSR count). The van der Waals surface area contributed by atoms with Crippen molar-refractivity contribution < 1.29 is 9.47 Å². The molecule has 1 aliphatic rings. The molecule has 0 spiro atoms. The lowest BCUT2D eigenvalue weighted by Gasteiger charge is -2.12. The Kier molecular flexibility index (Phi) is 5.50. The van der Waals surface area contributed by atoms with Gasteiger partial charge in [0.25, 0.3) is 0 Å². The molecule has 0 atom stereocenters. The summed E-state index contributed by atoms with van der Waals surface area (Å²) in [6.45, 7) is 1.32. The molecule has 1 heterocycles. The van der Waals surface area contributed by atoms with Crippen molar-refractivity contribution >= 4 is 11.3 Å². The predicted octanol–water partition coefficient (Wildman–Crippen LogP) is 5.61. The van der Waals surface area contributed by atoms with Crippen LogP contribution in [0.25, 0.3) is 11.3 Å². The molecule has 0 aliphatic heterocycles. The lowest BCUT2D eigenvalue weighted by atomic mass is 10.1. The Morgan fingerprint density at radius 3 is 2.73 bits per heavy atom. The monoisotopic (exact) mass is 365 g/mol. The summed E-state index contributed by atoms with van der Waals surface area (Å²) in [4.78, 5) is 4.35. The molecule has 0 saturated heterocycles. The van der Waals surface area contributed by atoms with E-state index in [1.165, 1.54) is 18.4 Å². The number of rotatable bonds is 9. The molecule has 3 aromatic rings. The quantitative estimate of drug-likeness (QED) is 0.462. The second kappa shape index (κ2) is 8.37. The molecule has 3 nitrogen and oxygen atoms in total. The lowest BCUT2D eigenvalue weighted by molar-refractivity contribution is 0.246. The summed E-state index contributed by atoms with van der Waals surface area (Å²) in [5.41, 5.74) is 5.28. The smallest absolute Gasteiger partial charge is 0.122 e. The molecule has 1 saturated carbocycles. The van der Waals surface area contributed by atoms with Crippen LogP contribution in [0.1, 0.15) is 24.8 Å². The van der Waals surface area contributed by atoms with Crippen LogP contribution < -0.4 is 9.47 Å². The largest absolute Gasteiger partial charge is 0.493 e. The van der Waals surface area contributed by atoms with Crippen LogP contribution in [0.5, 0.6) is 11.5 Å². The standard InChI is InChI=1S/C22H23NO2S/c1-2-8-22(19(5-1)13-17-9-10-17)25-12-4-11-24-20-7-3-6-18(14-20)21-15-26-16-23-21/h1-3,5-8,14-17H,4,9-13H2. The highest BCUT2D eigenvalue weighted by atomic mass is 32.1. The van der Waals surface area contributed by atoms with Crippen molar-refractivity contribution in [3.05, 3.63) is 65.0 Å². The van der Waals surface area contributed by atoms with Crippen LogP contribution in [0.3, 0.4) is 0 Å². The highest BCUT2D eigenvalue weighted by Crippen LogP contribution is 2.35. The number of hydrogen-bond donors (Lipinski definition) is 0. The minimum atomic E-state index is 0.644. The van der Waals surface area contributed by atoms with Crippen molar-refractivity contribution in [2.75, 3.05) is 13.2 Å². The minimum Gasteiger partial charge on any atom is -0.493 e. The Bertz CT molecular complexity index is 828. The van der Waals surface area contributed by atoms with Crippen molar-refractivity contribution in [1.29, 1.82) is 0 Å². The Balaban J connectivity index is 1.24. The number of hydrogen-bond acceptors (Lipinski definition) is 4. The summed E-state index contributed by atoms with van der Waals surface area (Å²) >= 11 is 1.60. The number of benzene rings is 2. The van der Waals surface area contributed by atoms with Crippen LogP contribution in [0.4, 0.5) is 0 Å². The third-order valence-corrected chi connectivity index (χ3v) is 5.14. The molecule has 0 unspecified atom stereocenters. The Hall–Kier alpha value is -2.33. The zero-order chi connectivity index (χ0) is 17.6. The molecular formula is C22H23NO2S. The number of nitrogens with zero attached hydrogens (tertiary/aromatic N) is 1. The fraction of sp³-hybridized carbons (Fsp3) is 0.318. The van der Waals surface area contributed by atoms with Gasteiger partial charge in [0.05, 0.1) is 24.4 Å². The lowest BCUT2D eigenvalue weighted by Crippen LogP contribution is -2.06. The first-order valence-electron chi connectivity index (χ1n) is 9.20. The highest BCUT2D eigenvalue weighted by Gasteiger charge is 2.22. The highest BCUT2D eigenvalue weighted by molar-refractivity contribution is 7.07. The summed E-state index contributed by atoms with van der Waals surface area (Å²) in [5, 5.41) is 2.05. The molecule has 134 valence electrons. The Morgan fingerprint density at radius 2 is 1.88 bits per heavy atom. The summed E-state index contributed by atoms with van der Waals surface area (Å²) in [7, 11) is 0. The average Bonchev–Trinajstić information content (AvgIpc) is 3.32. The van der Waals surface area contributed by atoms with Gasteiger partial charge in [0.15, 0.2) is 0 Å². The average molecular weight is 365 g/mol. The fourth-order valence-corrected chi connectivity index (χ4v) is 3.54. The number of para-hydroxylation sites is 1. The molecule has 4 heteroatoms. The van der Waals surface area contributed by atoms with E-state index >= 15 is 0 Å². The normalized spacial score (nSPS) is 13.5. The summed E-state index contributed by atoms with van der Waals surface area (Å²) in [6, 6.07) is 16.5. The number of aromatic nitrogens is 1. The summed E-state index contributed by atoms with van der Waals surface area (Å²) in [6.07, 6.45) is 4.74. The van der Waals surface area contributed by atoms with E-state index in [4.69, 9.17) is 9.47 Å². The molecule has 0 bridgehead atoms. The van der Waals surface area contributed by atoms with Crippen molar-refractivity contribution in [2.45, 2.75) is 25.7 Å².